The van der Waals surface area contributed by atoms with Crippen LogP contribution in [0.2, 0.25) is 0 Å². The van der Waals surface area contributed by atoms with E-state index < -0.39 is 11.8 Å². The van der Waals surface area contributed by atoms with Gasteiger partial charge in [0.1, 0.15) is 11.5 Å². The monoisotopic (exact) mass is 381 g/mol. The smallest absolute Gasteiger partial charge is 0.250 e. The Morgan fingerprint density at radius 1 is 1.14 bits per heavy atom. The van der Waals surface area contributed by atoms with Gasteiger partial charge in [-0.3, -0.25) is 10.0 Å². The first kappa shape index (κ1) is 19.6. The van der Waals surface area contributed by atoms with Gasteiger partial charge in [-0.15, -0.1) is 0 Å². The maximum atomic E-state index is 12.0. The van der Waals surface area contributed by atoms with Crippen LogP contribution >= 0.6 is 0 Å². The Balaban J connectivity index is 1.84. The van der Waals surface area contributed by atoms with Crippen molar-refractivity contribution in [3.63, 3.8) is 0 Å². The summed E-state index contributed by atoms with van der Waals surface area (Å²) in [6.45, 7) is 4.07. The third kappa shape index (κ3) is 4.37. The van der Waals surface area contributed by atoms with Gasteiger partial charge in [-0.05, 0) is 42.2 Å². The van der Waals surface area contributed by atoms with Crippen molar-refractivity contribution in [2.24, 2.45) is 5.92 Å². The van der Waals surface area contributed by atoms with Crippen molar-refractivity contribution in [1.29, 1.82) is 0 Å². The van der Waals surface area contributed by atoms with Crippen molar-refractivity contribution in [3.8, 4) is 17.4 Å². The number of methoxy groups -OCH3 is 1. The van der Waals surface area contributed by atoms with Gasteiger partial charge in [0.15, 0.2) is 5.65 Å². The highest BCUT2D eigenvalue weighted by molar-refractivity contribution is 5.83. The number of fused-ring (bicyclic) bond motifs is 1. The van der Waals surface area contributed by atoms with Crippen LogP contribution in [0.3, 0.4) is 0 Å². The predicted molar refractivity (Wildman–Crippen MR) is 105 cm³/mol. The molecule has 1 aromatic carbocycles. The minimum Gasteiger partial charge on any atom is -0.481 e. The fourth-order valence-corrected chi connectivity index (χ4v) is 3.03. The number of nitrogens with one attached hydrogen (secondary N) is 1. The number of aromatic nitrogens is 2. The van der Waals surface area contributed by atoms with Gasteiger partial charge in [0.25, 0.3) is 5.91 Å². The highest BCUT2D eigenvalue weighted by Crippen LogP contribution is 2.31. The molecule has 1 atom stereocenters. The predicted octanol–water partition coefficient (Wildman–Crippen LogP) is 4.07. The molecular weight excluding hydrogens is 358 g/mol. The number of benzene rings is 1. The van der Waals surface area contributed by atoms with E-state index >= 15 is 0 Å². The first-order chi connectivity index (χ1) is 13.5. The van der Waals surface area contributed by atoms with Crippen LogP contribution in [0.15, 0.2) is 48.7 Å². The second-order valence-electron chi connectivity index (χ2n) is 6.86. The van der Waals surface area contributed by atoms with Gasteiger partial charge >= 0.3 is 0 Å². The van der Waals surface area contributed by atoms with E-state index in [2.05, 4.69) is 9.97 Å². The third-order valence-electron chi connectivity index (χ3n) is 4.39. The van der Waals surface area contributed by atoms with E-state index in [1.54, 1.807) is 43.1 Å². The summed E-state index contributed by atoms with van der Waals surface area (Å²) in [5.41, 5.74) is 3.11. The summed E-state index contributed by atoms with van der Waals surface area (Å²) in [6, 6.07) is 12.6. The molecule has 0 spiro atoms. The van der Waals surface area contributed by atoms with Crippen molar-refractivity contribution >= 4 is 16.9 Å². The Morgan fingerprint density at radius 2 is 1.89 bits per heavy atom. The average molecular weight is 381 g/mol. The second kappa shape index (κ2) is 8.67. The Morgan fingerprint density at radius 3 is 2.54 bits per heavy atom. The highest BCUT2D eigenvalue weighted by Gasteiger charge is 2.21. The largest absolute Gasteiger partial charge is 0.481 e. The Hall–Kier alpha value is -3.19. The maximum Gasteiger partial charge on any atom is 0.250 e. The summed E-state index contributed by atoms with van der Waals surface area (Å²) in [6.07, 6.45) is 2.26. The highest BCUT2D eigenvalue weighted by atomic mass is 16.5. The van der Waals surface area contributed by atoms with Gasteiger partial charge in [0, 0.05) is 12.3 Å². The first-order valence-corrected chi connectivity index (χ1v) is 9.03. The third-order valence-corrected chi connectivity index (χ3v) is 4.39. The number of carbonyl (C=O) groups is 1. The van der Waals surface area contributed by atoms with E-state index in [1.165, 1.54) is 0 Å². The molecule has 3 aromatic rings. The summed E-state index contributed by atoms with van der Waals surface area (Å²) in [4.78, 5) is 20.6. The first-order valence-electron chi connectivity index (χ1n) is 9.03. The number of hydrogen-bond donors (Lipinski definition) is 2. The quantitative estimate of drug-likeness (QED) is 0.473. The molecule has 0 aliphatic carbocycles. The number of rotatable bonds is 7. The molecule has 2 aromatic heterocycles. The molecule has 2 N–H and O–H groups in total. The molecule has 1 amide bonds. The number of hydroxylamine groups is 1. The van der Waals surface area contributed by atoms with Gasteiger partial charge in [0.05, 0.1) is 18.4 Å². The van der Waals surface area contributed by atoms with Crippen molar-refractivity contribution in [2.45, 2.75) is 26.2 Å². The van der Waals surface area contributed by atoms with Crippen LogP contribution in [-0.2, 0) is 4.79 Å². The molecule has 0 bridgehead atoms. The minimum absolute atomic E-state index is 0.311. The van der Waals surface area contributed by atoms with Crippen LogP contribution in [-0.4, -0.2) is 28.2 Å². The van der Waals surface area contributed by atoms with E-state index in [0.717, 1.165) is 10.9 Å². The number of amides is 1. The molecular formula is C21H23N3O4. The summed E-state index contributed by atoms with van der Waals surface area (Å²) >= 11 is 0. The van der Waals surface area contributed by atoms with Crippen LogP contribution in [0.1, 0.15) is 31.7 Å². The Kier molecular flexibility index (Phi) is 6.06. The van der Waals surface area contributed by atoms with Crippen molar-refractivity contribution in [3.05, 3.63) is 54.2 Å². The van der Waals surface area contributed by atoms with Crippen molar-refractivity contribution in [1.82, 2.24) is 15.4 Å². The summed E-state index contributed by atoms with van der Waals surface area (Å²) < 4.78 is 11.1. The molecule has 0 radical (unpaired) electrons. The van der Waals surface area contributed by atoms with E-state index in [9.17, 15) is 4.79 Å². The van der Waals surface area contributed by atoms with Crippen LogP contribution in [0.4, 0.5) is 0 Å². The summed E-state index contributed by atoms with van der Waals surface area (Å²) in [5.74, 6) is 1.21. The number of carbonyl (C=O) groups excluding carboxylic acids is 1. The van der Waals surface area contributed by atoms with Gasteiger partial charge in [-0.25, -0.2) is 10.5 Å². The van der Waals surface area contributed by atoms with E-state index in [-0.39, 0.29) is 0 Å². The molecule has 2 heterocycles. The molecule has 1 unspecified atom stereocenters. The molecule has 28 heavy (non-hydrogen) atoms. The van der Waals surface area contributed by atoms with Gasteiger partial charge in [0.2, 0.25) is 5.88 Å². The number of ether oxygens (including phenoxy) is 2. The molecule has 7 nitrogen and oxygen atoms in total. The second-order valence-corrected chi connectivity index (χ2v) is 6.86. The van der Waals surface area contributed by atoms with E-state index in [0.29, 0.717) is 35.4 Å². The van der Waals surface area contributed by atoms with Crippen LogP contribution in [0.5, 0.6) is 17.4 Å². The normalized spacial score (nSPS) is 12.0. The fraction of sp³-hybridized carbons (Fsp3) is 0.286. The Labute approximate surface area is 163 Å². The minimum atomic E-state index is -0.419. The lowest BCUT2D eigenvalue weighted by Gasteiger charge is -2.18. The fourth-order valence-electron chi connectivity index (χ4n) is 3.03. The van der Waals surface area contributed by atoms with Crippen LogP contribution in [0, 0.1) is 5.92 Å². The van der Waals surface area contributed by atoms with Crippen molar-refractivity contribution < 1.29 is 19.5 Å². The topological polar surface area (TPSA) is 93.6 Å². The molecule has 0 aliphatic rings. The van der Waals surface area contributed by atoms with Crippen LogP contribution < -0.4 is 15.0 Å². The summed E-state index contributed by atoms with van der Waals surface area (Å²) in [5, 5.41) is 9.79. The summed E-state index contributed by atoms with van der Waals surface area (Å²) in [7, 11) is 1.56. The van der Waals surface area contributed by atoms with Gasteiger partial charge < -0.3 is 9.47 Å². The molecule has 0 saturated carbocycles. The average Bonchev–Trinajstić information content (AvgIpc) is 2.71. The lowest BCUT2D eigenvalue weighted by molar-refractivity contribution is -0.131. The number of hydrogen-bond acceptors (Lipinski definition) is 6. The Bertz CT molecular complexity index is 958. The van der Waals surface area contributed by atoms with Crippen LogP contribution in [0.25, 0.3) is 11.0 Å². The molecule has 0 aliphatic heterocycles. The molecule has 3 rings (SSSR count). The number of nitrogens with zero attached hydrogens (tertiary/aromatic N) is 2. The zero-order valence-electron chi connectivity index (χ0n) is 16.0. The molecule has 146 valence electrons. The maximum absolute atomic E-state index is 12.0. The lowest BCUT2D eigenvalue weighted by Crippen LogP contribution is -2.27. The van der Waals surface area contributed by atoms with Gasteiger partial charge in [-0.1, -0.05) is 26.0 Å². The molecule has 7 heteroatoms. The van der Waals surface area contributed by atoms with Crippen molar-refractivity contribution in [2.75, 3.05) is 7.11 Å². The van der Waals surface area contributed by atoms with E-state index in [1.807, 2.05) is 32.0 Å². The zero-order chi connectivity index (χ0) is 20.1. The van der Waals surface area contributed by atoms with E-state index in [4.69, 9.17) is 14.7 Å². The molecule has 0 saturated heterocycles. The standard InChI is InChI=1S/C21H23N3O4/c1-13(2)12-17(21(25)24-26)14-4-6-15(7-5-14)28-18-10-11-22-20-16(18)8-9-19(23-20)27-3/h4-11,13,17,26H,12H2,1-3H3,(H,24,25). The molecule has 0 fully saturated rings. The SMILES string of the molecule is COc1ccc2c(Oc3ccc(C(CC(C)C)C(=O)NO)cc3)ccnc2n1. The number of pyridine rings is 2. The lowest BCUT2D eigenvalue weighted by atomic mass is 9.90. The van der Waals surface area contributed by atoms with Gasteiger partial charge in [-0.2, -0.15) is 4.98 Å². The zero-order valence-corrected chi connectivity index (χ0v) is 16.0.